The standard InChI is InChI=1S/C18H30N2/c1-6-18(9-7-8-10-18)12-19-15(4)17-13(2)11-14(3)20-16(17)5/h11,15,19H,6-10,12H2,1-5H3. The third-order valence-electron chi connectivity index (χ3n) is 5.21. The van der Waals surface area contributed by atoms with Crippen LogP contribution in [0.4, 0.5) is 0 Å². The van der Waals surface area contributed by atoms with E-state index in [1.165, 1.54) is 48.9 Å². The Hall–Kier alpha value is -0.890. The lowest BCUT2D eigenvalue weighted by Crippen LogP contribution is -2.33. The van der Waals surface area contributed by atoms with Gasteiger partial charge in [-0.15, -0.1) is 0 Å². The lowest BCUT2D eigenvalue weighted by Gasteiger charge is -2.30. The summed E-state index contributed by atoms with van der Waals surface area (Å²) in [7, 11) is 0. The fraction of sp³-hybridized carbons (Fsp3) is 0.722. The van der Waals surface area contributed by atoms with Crippen LogP contribution in [0.25, 0.3) is 0 Å². The number of nitrogens with zero attached hydrogens (tertiary/aromatic N) is 1. The topological polar surface area (TPSA) is 24.9 Å². The molecule has 1 saturated carbocycles. The Bertz CT molecular complexity index is 435. The number of aryl methyl sites for hydroxylation is 3. The highest BCUT2D eigenvalue weighted by Gasteiger charge is 2.32. The molecule has 1 atom stereocenters. The molecule has 1 unspecified atom stereocenters. The molecule has 20 heavy (non-hydrogen) atoms. The Labute approximate surface area is 124 Å². The fourth-order valence-electron chi connectivity index (χ4n) is 3.94. The Morgan fingerprint density at radius 2 is 1.90 bits per heavy atom. The van der Waals surface area contributed by atoms with E-state index < -0.39 is 0 Å². The molecule has 1 aliphatic rings. The van der Waals surface area contributed by atoms with Gasteiger partial charge in [0.1, 0.15) is 0 Å². The van der Waals surface area contributed by atoms with Gasteiger partial charge in [0.25, 0.3) is 0 Å². The molecule has 2 rings (SSSR count). The van der Waals surface area contributed by atoms with Gasteiger partial charge in [0.15, 0.2) is 0 Å². The van der Waals surface area contributed by atoms with E-state index in [9.17, 15) is 0 Å². The van der Waals surface area contributed by atoms with Crippen molar-refractivity contribution in [3.63, 3.8) is 0 Å². The molecular weight excluding hydrogens is 244 g/mol. The van der Waals surface area contributed by atoms with Crippen molar-refractivity contribution in [3.05, 3.63) is 28.6 Å². The molecule has 1 N–H and O–H groups in total. The summed E-state index contributed by atoms with van der Waals surface area (Å²) in [5.41, 5.74) is 5.61. The maximum Gasteiger partial charge on any atom is 0.0426 e. The first-order chi connectivity index (χ1) is 9.47. The van der Waals surface area contributed by atoms with E-state index >= 15 is 0 Å². The van der Waals surface area contributed by atoms with Crippen molar-refractivity contribution in [2.45, 2.75) is 72.8 Å². The van der Waals surface area contributed by atoms with Crippen LogP contribution < -0.4 is 5.32 Å². The zero-order valence-corrected chi connectivity index (χ0v) is 13.8. The van der Waals surface area contributed by atoms with Gasteiger partial charge in [-0.25, -0.2) is 0 Å². The van der Waals surface area contributed by atoms with Crippen LogP contribution in [0.5, 0.6) is 0 Å². The van der Waals surface area contributed by atoms with Gasteiger partial charge in [0, 0.05) is 24.0 Å². The van der Waals surface area contributed by atoms with Crippen molar-refractivity contribution in [2.24, 2.45) is 5.41 Å². The summed E-state index contributed by atoms with van der Waals surface area (Å²) in [5.74, 6) is 0. The molecule has 0 spiro atoms. The number of aromatic nitrogens is 1. The maximum absolute atomic E-state index is 4.63. The smallest absolute Gasteiger partial charge is 0.0426 e. The van der Waals surface area contributed by atoms with Crippen LogP contribution in [-0.4, -0.2) is 11.5 Å². The molecule has 0 aliphatic heterocycles. The zero-order valence-electron chi connectivity index (χ0n) is 13.8. The van der Waals surface area contributed by atoms with Crippen molar-refractivity contribution in [3.8, 4) is 0 Å². The lowest BCUT2D eigenvalue weighted by atomic mass is 9.83. The molecule has 1 aromatic heterocycles. The van der Waals surface area contributed by atoms with Crippen molar-refractivity contribution in [1.82, 2.24) is 10.3 Å². The second kappa shape index (κ2) is 6.26. The number of nitrogens with one attached hydrogen (secondary N) is 1. The third-order valence-corrected chi connectivity index (χ3v) is 5.21. The number of hydrogen-bond donors (Lipinski definition) is 1. The van der Waals surface area contributed by atoms with Gasteiger partial charge in [-0.2, -0.15) is 0 Å². The van der Waals surface area contributed by atoms with Crippen LogP contribution in [0.1, 0.15) is 74.5 Å². The minimum absolute atomic E-state index is 0.395. The molecule has 1 fully saturated rings. The van der Waals surface area contributed by atoms with Crippen molar-refractivity contribution < 1.29 is 0 Å². The van der Waals surface area contributed by atoms with E-state index in [4.69, 9.17) is 0 Å². The van der Waals surface area contributed by atoms with Gasteiger partial charge in [-0.05, 0) is 69.6 Å². The molecule has 1 heterocycles. The monoisotopic (exact) mass is 274 g/mol. The summed E-state index contributed by atoms with van der Waals surface area (Å²) in [6.07, 6.45) is 6.92. The zero-order chi connectivity index (χ0) is 14.8. The summed E-state index contributed by atoms with van der Waals surface area (Å²) in [4.78, 5) is 4.63. The molecule has 0 radical (unpaired) electrons. The number of pyridine rings is 1. The minimum Gasteiger partial charge on any atom is -0.310 e. The van der Waals surface area contributed by atoms with Crippen LogP contribution in [0.3, 0.4) is 0 Å². The van der Waals surface area contributed by atoms with Crippen LogP contribution in [0.15, 0.2) is 6.07 Å². The van der Waals surface area contributed by atoms with Gasteiger partial charge in [-0.3, -0.25) is 4.98 Å². The molecule has 0 saturated heterocycles. The first kappa shape index (κ1) is 15.5. The molecule has 1 aromatic rings. The van der Waals surface area contributed by atoms with E-state index in [0.29, 0.717) is 11.5 Å². The average molecular weight is 274 g/mol. The molecule has 112 valence electrons. The van der Waals surface area contributed by atoms with E-state index in [1.54, 1.807) is 0 Å². The third kappa shape index (κ3) is 3.22. The summed E-state index contributed by atoms with van der Waals surface area (Å²) in [5, 5.41) is 3.79. The second-order valence-corrected chi connectivity index (χ2v) is 6.74. The van der Waals surface area contributed by atoms with E-state index in [1.807, 2.05) is 0 Å². The Morgan fingerprint density at radius 3 is 2.45 bits per heavy atom. The fourth-order valence-corrected chi connectivity index (χ4v) is 3.94. The van der Waals surface area contributed by atoms with Crippen LogP contribution >= 0.6 is 0 Å². The van der Waals surface area contributed by atoms with Gasteiger partial charge in [0.2, 0.25) is 0 Å². The molecule has 2 heteroatoms. The van der Waals surface area contributed by atoms with E-state index in [-0.39, 0.29) is 0 Å². The van der Waals surface area contributed by atoms with Crippen LogP contribution in [0.2, 0.25) is 0 Å². The Morgan fingerprint density at radius 1 is 1.25 bits per heavy atom. The normalized spacial score (nSPS) is 19.2. The average Bonchev–Trinajstić information content (AvgIpc) is 2.84. The number of rotatable bonds is 5. The Balaban J connectivity index is 2.07. The van der Waals surface area contributed by atoms with Crippen molar-refractivity contribution in [2.75, 3.05) is 6.54 Å². The molecule has 2 nitrogen and oxygen atoms in total. The van der Waals surface area contributed by atoms with Gasteiger partial charge in [-0.1, -0.05) is 19.8 Å². The first-order valence-electron chi connectivity index (χ1n) is 8.15. The van der Waals surface area contributed by atoms with E-state index in [2.05, 4.69) is 51.0 Å². The molecule has 1 aliphatic carbocycles. The van der Waals surface area contributed by atoms with Gasteiger partial charge in [0.05, 0.1) is 0 Å². The van der Waals surface area contributed by atoms with Gasteiger partial charge < -0.3 is 5.32 Å². The largest absolute Gasteiger partial charge is 0.310 e. The number of hydrogen-bond acceptors (Lipinski definition) is 2. The Kier molecular flexibility index (Phi) is 4.85. The SMILES string of the molecule is CCC1(CNC(C)c2c(C)cc(C)nc2C)CCCC1. The summed E-state index contributed by atoms with van der Waals surface area (Å²) >= 11 is 0. The van der Waals surface area contributed by atoms with Crippen LogP contribution in [0, 0.1) is 26.2 Å². The summed E-state index contributed by atoms with van der Waals surface area (Å²) < 4.78 is 0. The highest BCUT2D eigenvalue weighted by Crippen LogP contribution is 2.40. The first-order valence-corrected chi connectivity index (χ1v) is 8.15. The quantitative estimate of drug-likeness (QED) is 0.847. The highest BCUT2D eigenvalue weighted by molar-refractivity contribution is 5.33. The van der Waals surface area contributed by atoms with Crippen molar-refractivity contribution in [1.29, 1.82) is 0 Å². The highest BCUT2D eigenvalue weighted by atomic mass is 14.9. The van der Waals surface area contributed by atoms with Crippen LogP contribution in [-0.2, 0) is 0 Å². The van der Waals surface area contributed by atoms with Crippen molar-refractivity contribution >= 4 is 0 Å². The predicted molar refractivity (Wildman–Crippen MR) is 86.1 cm³/mol. The van der Waals surface area contributed by atoms with Gasteiger partial charge >= 0.3 is 0 Å². The second-order valence-electron chi connectivity index (χ2n) is 6.74. The summed E-state index contributed by atoms with van der Waals surface area (Å²) in [6.45, 7) is 12.2. The summed E-state index contributed by atoms with van der Waals surface area (Å²) in [6, 6.07) is 2.60. The molecule has 0 bridgehead atoms. The maximum atomic E-state index is 4.63. The minimum atomic E-state index is 0.395. The lowest BCUT2D eigenvalue weighted by molar-refractivity contribution is 0.258. The molecular formula is C18H30N2. The van der Waals surface area contributed by atoms with E-state index in [0.717, 1.165) is 12.2 Å². The molecule has 0 amide bonds. The molecule has 0 aromatic carbocycles. The predicted octanol–water partition coefficient (Wildman–Crippen LogP) is 4.63.